The second-order valence-electron chi connectivity index (χ2n) is 6.21. The SMILES string of the molecule is C1CCN([S+](N2CCCCC2)N2CCCCC2)CC1.[Cl-]. The summed E-state index contributed by atoms with van der Waals surface area (Å²) in [5, 5.41) is 0. The summed E-state index contributed by atoms with van der Waals surface area (Å²) in [5.41, 5.74) is 0. The van der Waals surface area contributed by atoms with Gasteiger partial charge in [0.2, 0.25) is 0 Å². The summed E-state index contributed by atoms with van der Waals surface area (Å²) in [7, 11) is 0. The predicted molar refractivity (Wildman–Crippen MR) is 83.6 cm³/mol. The third-order valence-corrected chi connectivity index (χ3v) is 7.12. The molecule has 0 unspecified atom stereocenters. The molecule has 5 heteroatoms. The monoisotopic (exact) mass is 319 g/mol. The van der Waals surface area contributed by atoms with Crippen molar-refractivity contribution in [3.05, 3.63) is 0 Å². The van der Waals surface area contributed by atoms with Gasteiger partial charge in [0.1, 0.15) is 0 Å². The minimum Gasteiger partial charge on any atom is -1.00 e. The standard InChI is InChI=1S/C15H30N3S.ClH/c1-4-10-16(11-5-1)19(17-12-6-2-7-13-17)18-14-8-3-9-15-18;/h1-15H2;1H/q+1;/p-1. The third kappa shape index (κ3) is 4.26. The molecule has 0 N–H and O–H groups in total. The molecule has 0 radical (unpaired) electrons. The molecule has 0 aliphatic carbocycles. The summed E-state index contributed by atoms with van der Waals surface area (Å²) < 4.78 is 8.46. The van der Waals surface area contributed by atoms with Gasteiger partial charge in [-0.05, 0) is 38.5 Å². The second-order valence-corrected chi connectivity index (χ2v) is 8.25. The summed E-state index contributed by atoms with van der Waals surface area (Å²) >= 11 is 0.316. The molecule has 118 valence electrons. The lowest BCUT2D eigenvalue weighted by Crippen LogP contribution is -3.00. The number of rotatable bonds is 3. The maximum atomic E-state index is 2.82. The molecule has 0 aromatic heterocycles. The van der Waals surface area contributed by atoms with Crippen molar-refractivity contribution in [2.45, 2.75) is 57.8 Å². The average Bonchev–Trinajstić information content (AvgIpc) is 2.51. The van der Waals surface area contributed by atoms with E-state index in [1.54, 1.807) is 0 Å². The van der Waals surface area contributed by atoms with E-state index in [1.807, 2.05) is 0 Å². The summed E-state index contributed by atoms with van der Waals surface area (Å²) in [5.74, 6) is 0. The van der Waals surface area contributed by atoms with E-state index < -0.39 is 0 Å². The highest BCUT2D eigenvalue weighted by Crippen LogP contribution is 2.27. The molecule has 0 atom stereocenters. The van der Waals surface area contributed by atoms with Crippen LogP contribution in [0.15, 0.2) is 0 Å². The Hall–Kier alpha value is 0.520. The van der Waals surface area contributed by atoms with Crippen molar-refractivity contribution < 1.29 is 12.4 Å². The van der Waals surface area contributed by atoms with Crippen LogP contribution in [0, 0.1) is 0 Å². The van der Waals surface area contributed by atoms with Gasteiger partial charge in [-0.3, -0.25) is 0 Å². The second kappa shape index (κ2) is 8.84. The van der Waals surface area contributed by atoms with Gasteiger partial charge in [0.05, 0.1) is 0 Å². The van der Waals surface area contributed by atoms with E-state index >= 15 is 0 Å². The number of halogens is 1. The van der Waals surface area contributed by atoms with Crippen LogP contribution in [0.2, 0.25) is 0 Å². The fourth-order valence-corrected chi connectivity index (χ4v) is 6.31. The van der Waals surface area contributed by atoms with Crippen molar-refractivity contribution >= 4 is 11.5 Å². The first kappa shape index (κ1) is 16.9. The van der Waals surface area contributed by atoms with E-state index in [0.717, 1.165) is 0 Å². The fourth-order valence-electron chi connectivity index (χ4n) is 3.57. The Bertz CT molecular complexity index is 219. The average molecular weight is 320 g/mol. The molecule has 3 nitrogen and oxygen atoms in total. The molecule has 3 fully saturated rings. The van der Waals surface area contributed by atoms with Gasteiger partial charge in [0, 0.05) is 39.3 Å². The normalized spacial score (nSPS) is 27.4. The van der Waals surface area contributed by atoms with Crippen LogP contribution in [0.5, 0.6) is 0 Å². The maximum Gasteiger partial charge on any atom is 0.268 e. The summed E-state index contributed by atoms with van der Waals surface area (Å²) in [4.78, 5) is 0. The highest BCUT2D eigenvalue weighted by Gasteiger charge is 2.44. The number of nitrogens with zero attached hydrogens (tertiary/aromatic N) is 3. The Morgan fingerprint density at radius 1 is 0.400 bits per heavy atom. The number of hydrogen-bond donors (Lipinski definition) is 0. The first-order valence-corrected chi connectivity index (χ1v) is 9.54. The Labute approximate surface area is 134 Å². The Morgan fingerprint density at radius 2 is 0.650 bits per heavy atom. The highest BCUT2D eigenvalue weighted by atomic mass is 35.5. The van der Waals surface area contributed by atoms with Crippen LogP contribution < -0.4 is 12.4 Å². The summed E-state index contributed by atoms with van der Waals surface area (Å²) in [6.45, 7) is 8.06. The largest absolute Gasteiger partial charge is 1.00 e. The topological polar surface area (TPSA) is 9.72 Å². The van der Waals surface area contributed by atoms with E-state index in [1.165, 1.54) is 97.1 Å². The van der Waals surface area contributed by atoms with Gasteiger partial charge >= 0.3 is 0 Å². The van der Waals surface area contributed by atoms with Gasteiger partial charge in [-0.25, -0.2) is 0 Å². The van der Waals surface area contributed by atoms with Crippen molar-refractivity contribution in [1.29, 1.82) is 0 Å². The third-order valence-electron chi connectivity index (χ3n) is 4.64. The van der Waals surface area contributed by atoms with Crippen LogP contribution >= 0.6 is 0 Å². The van der Waals surface area contributed by atoms with Crippen LogP contribution in [-0.4, -0.2) is 52.2 Å². The quantitative estimate of drug-likeness (QED) is 0.668. The minimum atomic E-state index is 0. The van der Waals surface area contributed by atoms with Crippen molar-refractivity contribution in [3.63, 3.8) is 0 Å². The molecule has 20 heavy (non-hydrogen) atoms. The first-order chi connectivity index (χ1) is 9.45. The van der Waals surface area contributed by atoms with Crippen molar-refractivity contribution in [3.8, 4) is 0 Å². The van der Waals surface area contributed by atoms with Crippen molar-refractivity contribution in [2.75, 3.05) is 39.3 Å². The van der Waals surface area contributed by atoms with Gasteiger partial charge in [-0.15, -0.1) is 0 Å². The van der Waals surface area contributed by atoms with E-state index in [9.17, 15) is 0 Å². The number of piperidine rings is 3. The molecule has 0 spiro atoms. The smallest absolute Gasteiger partial charge is 0.268 e. The summed E-state index contributed by atoms with van der Waals surface area (Å²) in [6, 6.07) is 0. The lowest BCUT2D eigenvalue weighted by molar-refractivity contribution is -0.00000417. The zero-order valence-electron chi connectivity index (χ0n) is 12.7. The van der Waals surface area contributed by atoms with Crippen molar-refractivity contribution in [2.24, 2.45) is 0 Å². The van der Waals surface area contributed by atoms with E-state index in [4.69, 9.17) is 0 Å². The predicted octanol–water partition coefficient (Wildman–Crippen LogP) is -0.189. The van der Waals surface area contributed by atoms with Gasteiger partial charge < -0.3 is 12.4 Å². The van der Waals surface area contributed by atoms with Crippen LogP contribution in [-0.2, 0) is 11.5 Å². The van der Waals surface area contributed by atoms with Crippen LogP contribution in [0.3, 0.4) is 0 Å². The molecule has 0 amide bonds. The molecule has 3 rings (SSSR count). The molecule has 3 aliphatic rings. The van der Waals surface area contributed by atoms with Gasteiger partial charge in [-0.1, -0.05) is 32.2 Å². The molecule has 0 saturated carbocycles. The van der Waals surface area contributed by atoms with E-state index in [2.05, 4.69) is 12.9 Å². The number of hydrogen-bond acceptors (Lipinski definition) is 3. The molecule has 0 bridgehead atoms. The maximum absolute atomic E-state index is 2.82. The van der Waals surface area contributed by atoms with E-state index in [0.29, 0.717) is 11.5 Å². The lowest BCUT2D eigenvalue weighted by Gasteiger charge is -2.37. The Morgan fingerprint density at radius 3 is 0.900 bits per heavy atom. The Kier molecular flexibility index (Phi) is 7.46. The Balaban J connectivity index is 0.00000147. The zero-order chi connectivity index (χ0) is 12.9. The summed E-state index contributed by atoms with van der Waals surface area (Å²) in [6.07, 6.45) is 12.9. The van der Waals surface area contributed by atoms with Gasteiger partial charge in [-0.2, -0.15) is 0 Å². The van der Waals surface area contributed by atoms with Crippen LogP contribution in [0.4, 0.5) is 0 Å². The van der Waals surface area contributed by atoms with Crippen molar-refractivity contribution in [1.82, 2.24) is 12.9 Å². The van der Waals surface area contributed by atoms with Gasteiger partial charge in [0.25, 0.3) is 11.5 Å². The first-order valence-electron chi connectivity index (χ1n) is 8.45. The molecule has 3 heterocycles. The molecular weight excluding hydrogens is 290 g/mol. The minimum absolute atomic E-state index is 0. The molecule has 0 aromatic carbocycles. The molecule has 3 saturated heterocycles. The molecular formula is C15H30ClN3S. The van der Waals surface area contributed by atoms with Gasteiger partial charge in [0.15, 0.2) is 0 Å². The molecule has 3 aliphatic heterocycles. The lowest BCUT2D eigenvalue weighted by atomic mass is 10.2. The van der Waals surface area contributed by atoms with Crippen LogP contribution in [0.25, 0.3) is 0 Å². The highest BCUT2D eigenvalue weighted by molar-refractivity contribution is 7.90. The van der Waals surface area contributed by atoms with E-state index in [-0.39, 0.29) is 12.4 Å². The molecule has 0 aromatic rings. The fraction of sp³-hybridized carbons (Fsp3) is 1.00. The van der Waals surface area contributed by atoms with Crippen LogP contribution in [0.1, 0.15) is 57.8 Å². The zero-order valence-corrected chi connectivity index (χ0v) is 14.3.